The third-order valence-electron chi connectivity index (χ3n) is 1.83. The van der Waals surface area contributed by atoms with E-state index in [4.69, 9.17) is 0 Å². The molecular weight excluding hydrogens is 160 g/mol. The summed E-state index contributed by atoms with van der Waals surface area (Å²) in [6, 6.07) is 0. The lowest BCUT2D eigenvalue weighted by Gasteiger charge is -2.01. The van der Waals surface area contributed by atoms with Crippen LogP contribution in [0.1, 0.15) is 27.7 Å². The van der Waals surface area contributed by atoms with Gasteiger partial charge in [-0.2, -0.15) is 0 Å². The third kappa shape index (κ3) is 3.45. The number of aliphatic imine (C=N–C) groups is 1. The highest BCUT2D eigenvalue weighted by Gasteiger charge is 2.04. The molecule has 0 aliphatic carbocycles. The molecule has 0 saturated heterocycles. The zero-order chi connectivity index (χ0) is 9.84. The quantitative estimate of drug-likeness (QED) is 0.690. The van der Waals surface area contributed by atoms with Crippen LogP contribution >= 0.6 is 0 Å². The first-order valence-corrected chi connectivity index (χ1v) is 4.75. The maximum absolute atomic E-state index is 4.26. The van der Waals surface area contributed by atoms with E-state index in [0.717, 1.165) is 12.4 Å². The molecule has 72 valence electrons. The van der Waals surface area contributed by atoms with Gasteiger partial charge in [-0.1, -0.05) is 25.5 Å². The molecule has 13 heavy (non-hydrogen) atoms. The van der Waals surface area contributed by atoms with Crippen LogP contribution in [0.3, 0.4) is 0 Å². The van der Waals surface area contributed by atoms with E-state index < -0.39 is 0 Å². The first-order valence-electron chi connectivity index (χ1n) is 4.75. The van der Waals surface area contributed by atoms with Gasteiger partial charge in [0.1, 0.15) is 0 Å². The number of nitrogens with zero attached hydrogens (tertiary/aromatic N) is 1. The zero-order valence-corrected chi connectivity index (χ0v) is 8.89. The highest BCUT2D eigenvalue weighted by molar-refractivity contribution is 5.83. The standard InChI is InChI=1S/C11H18N2/c1-8(2)5-9(3)6-11-7-12-10(4)13-11/h5-6,8H,7H2,1-4H3,(H,12,13)/b9-5-,11-6+. The lowest BCUT2D eigenvalue weighted by molar-refractivity contribution is 0.824. The fraction of sp³-hybridized carbons (Fsp3) is 0.545. The zero-order valence-electron chi connectivity index (χ0n) is 8.89. The van der Waals surface area contributed by atoms with Crippen molar-refractivity contribution in [2.75, 3.05) is 6.54 Å². The van der Waals surface area contributed by atoms with E-state index in [1.807, 2.05) is 6.92 Å². The molecule has 0 unspecified atom stereocenters. The summed E-state index contributed by atoms with van der Waals surface area (Å²) in [6.45, 7) is 9.29. The fourth-order valence-corrected chi connectivity index (χ4v) is 1.45. The molecule has 0 aromatic carbocycles. The second kappa shape index (κ2) is 4.26. The van der Waals surface area contributed by atoms with Gasteiger partial charge in [0, 0.05) is 5.70 Å². The van der Waals surface area contributed by atoms with E-state index in [0.29, 0.717) is 5.92 Å². The summed E-state index contributed by atoms with van der Waals surface area (Å²) in [6.07, 6.45) is 4.42. The third-order valence-corrected chi connectivity index (χ3v) is 1.83. The van der Waals surface area contributed by atoms with Gasteiger partial charge in [-0.05, 0) is 25.8 Å². The van der Waals surface area contributed by atoms with Gasteiger partial charge < -0.3 is 5.32 Å². The minimum absolute atomic E-state index is 0.611. The summed E-state index contributed by atoms with van der Waals surface area (Å²) in [4.78, 5) is 4.26. The van der Waals surface area contributed by atoms with E-state index in [1.54, 1.807) is 0 Å². The number of rotatable bonds is 2. The topological polar surface area (TPSA) is 24.4 Å². The van der Waals surface area contributed by atoms with Gasteiger partial charge in [-0.25, -0.2) is 0 Å². The smallest absolute Gasteiger partial charge is 0.0978 e. The minimum atomic E-state index is 0.611. The van der Waals surface area contributed by atoms with E-state index in [-0.39, 0.29) is 0 Å². The predicted molar refractivity (Wildman–Crippen MR) is 57.8 cm³/mol. The summed E-state index contributed by atoms with van der Waals surface area (Å²) in [7, 11) is 0. The largest absolute Gasteiger partial charge is 0.346 e. The highest BCUT2D eigenvalue weighted by atomic mass is 15.1. The first kappa shape index (κ1) is 10.0. The van der Waals surface area contributed by atoms with Gasteiger partial charge in [0.2, 0.25) is 0 Å². The summed E-state index contributed by atoms with van der Waals surface area (Å²) in [5.41, 5.74) is 2.51. The Kier molecular flexibility index (Phi) is 3.29. The van der Waals surface area contributed by atoms with Crippen LogP contribution in [0, 0.1) is 5.92 Å². The van der Waals surface area contributed by atoms with Crippen molar-refractivity contribution < 1.29 is 0 Å². The molecule has 2 nitrogen and oxygen atoms in total. The van der Waals surface area contributed by atoms with Gasteiger partial charge in [0.25, 0.3) is 0 Å². The molecule has 1 N–H and O–H groups in total. The predicted octanol–water partition coefficient (Wildman–Crippen LogP) is 2.49. The lowest BCUT2D eigenvalue weighted by Crippen LogP contribution is -2.12. The van der Waals surface area contributed by atoms with Crippen molar-refractivity contribution in [3.05, 3.63) is 23.4 Å². The molecule has 1 aliphatic heterocycles. The van der Waals surface area contributed by atoms with Crippen molar-refractivity contribution in [2.24, 2.45) is 10.9 Å². The maximum Gasteiger partial charge on any atom is 0.0978 e. The molecule has 0 aromatic rings. The summed E-state index contributed by atoms with van der Waals surface area (Å²) in [5, 5.41) is 3.23. The minimum Gasteiger partial charge on any atom is -0.346 e. The van der Waals surface area contributed by atoms with Gasteiger partial charge in [0.15, 0.2) is 0 Å². The van der Waals surface area contributed by atoms with Gasteiger partial charge in [-0.3, -0.25) is 4.99 Å². The number of allylic oxidation sites excluding steroid dienone is 3. The maximum atomic E-state index is 4.26. The Morgan fingerprint density at radius 1 is 1.54 bits per heavy atom. The SMILES string of the molecule is CC1=NC/C(=C\C(C)=C/C(C)C)N1. The Bertz CT molecular complexity index is 270. The average molecular weight is 178 g/mol. The van der Waals surface area contributed by atoms with Crippen molar-refractivity contribution in [3.63, 3.8) is 0 Å². The van der Waals surface area contributed by atoms with Crippen molar-refractivity contribution in [1.29, 1.82) is 0 Å². The summed E-state index contributed by atoms with van der Waals surface area (Å²) < 4.78 is 0. The van der Waals surface area contributed by atoms with Crippen LogP contribution in [0.15, 0.2) is 28.4 Å². The van der Waals surface area contributed by atoms with Gasteiger partial charge >= 0.3 is 0 Å². The van der Waals surface area contributed by atoms with Gasteiger partial charge in [-0.15, -0.1) is 0 Å². The molecule has 0 radical (unpaired) electrons. The monoisotopic (exact) mass is 178 g/mol. The normalized spacial score (nSPS) is 20.8. The number of amidine groups is 1. The Hall–Kier alpha value is -1.05. The fourth-order valence-electron chi connectivity index (χ4n) is 1.45. The molecule has 0 atom stereocenters. The Morgan fingerprint density at radius 3 is 2.69 bits per heavy atom. The van der Waals surface area contributed by atoms with E-state index in [1.165, 1.54) is 11.3 Å². The van der Waals surface area contributed by atoms with Crippen LogP contribution in [0.25, 0.3) is 0 Å². The molecule has 0 amide bonds. The molecule has 0 spiro atoms. The van der Waals surface area contributed by atoms with E-state index in [9.17, 15) is 0 Å². The molecule has 1 heterocycles. The molecule has 1 aliphatic rings. The highest BCUT2D eigenvalue weighted by Crippen LogP contribution is 2.07. The second-order valence-corrected chi connectivity index (χ2v) is 3.85. The van der Waals surface area contributed by atoms with Crippen LogP contribution in [0.4, 0.5) is 0 Å². The van der Waals surface area contributed by atoms with Crippen LogP contribution in [-0.2, 0) is 0 Å². The molecule has 0 aromatic heterocycles. The molecule has 1 rings (SSSR count). The molecule has 2 heteroatoms. The van der Waals surface area contributed by atoms with Crippen LogP contribution in [0.5, 0.6) is 0 Å². The van der Waals surface area contributed by atoms with Crippen LogP contribution < -0.4 is 5.32 Å². The second-order valence-electron chi connectivity index (χ2n) is 3.85. The van der Waals surface area contributed by atoms with Crippen molar-refractivity contribution in [2.45, 2.75) is 27.7 Å². The van der Waals surface area contributed by atoms with E-state index in [2.05, 4.69) is 43.2 Å². The number of hydrogen-bond acceptors (Lipinski definition) is 2. The molecule has 0 bridgehead atoms. The van der Waals surface area contributed by atoms with Crippen molar-refractivity contribution in [1.82, 2.24) is 5.32 Å². The van der Waals surface area contributed by atoms with Crippen LogP contribution in [0.2, 0.25) is 0 Å². The summed E-state index contributed by atoms with van der Waals surface area (Å²) in [5.74, 6) is 1.63. The first-order chi connectivity index (χ1) is 6.08. The average Bonchev–Trinajstić information content (AvgIpc) is 2.33. The Labute approximate surface area is 80.4 Å². The van der Waals surface area contributed by atoms with Crippen LogP contribution in [-0.4, -0.2) is 12.4 Å². The number of hydrogen-bond donors (Lipinski definition) is 1. The molecule has 0 saturated carbocycles. The molecular formula is C11H18N2. The van der Waals surface area contributed by atoms with E-state index >= 15 is 0 Å². The van der Waals surface area contributed by atoms with Gasteiger partial charge in [0.05, 0.1) is 12.4 Å². The summed E-state index contributed by atoms with van der Waals surface area (Å²) >= 11 is 0. The number of nitrogens with one attached hydrogen (secondary N) is 1. The lowest BCUT2D eigenvalue weighted by atomic mass is 10.1. The Balaban J connectivity index is 2.58. The van der Waals surface area contributed by atoms with Crippen molar-refractivity contribution in [3.8, 4) is 0 Å². The van der Waals surface area contributed by atoms with Crippen molar-refractivity contribution >= 4 is 5.84 Å². The molecule has 0 fully saturated rings. The Morgan fingerprint density at radius 2 is 2.23 bits per heavy atom.